The summed E-state index contributed by atoms with van der Waals surface area (Å²) in [5.41, 5.74) is 0.856. The number of hydrogen-bond acceptors (Lipinski definition) is 6. The Labute approximate surface area is 213 Å². The summed E-state index contributed by atoms with van der Waals surface area (Å²) >= 11 is 0. The third-order valence-electron chi connectivity index (χ3n) is 7.02. The van der Waals surface area contributed by atoms with E-state index in [1.165, 1.54) is 5.06 Å². The molecule has 3 heterocycles. The molecule has 4 rings (SSSR count). The molecular weight excluding hydrogens is 462 g/mol. The van der Waals surface area contributed by atoms with Crippen LogP contribution in [0.4, 0.5) is 4.79 Å². The highest BCUT2D eigenvalue weighted by molar-refractivity contribution is 5.92. The van der Waals surface area contributed by atoms with E-state index >= 15 is 0 Å². The van der Waals surface area contributed by atoms with E-state index in [1.807, 2.05) is 62.9 Å². The molecule has 198 valence electrons. The quantitative estimate of drug-likeness (QED) is 0.568. The number of fused-ring (bicyclic) bond motifs is 1. The molecule has 0 aliphatic carbocycles. The Kier molecular flexibility index (Phi) is 8.51. The number of amides is 3. The molecule has 3 atom stereocenters. The molecule has 0 N–H and O–H groups in total. The van der Waals surface area contributed by atoms with Gasteiger partial charge in [-0.15, -0.1) is 0 Å². The zero-order valence-corrected chi connectivity index (χ0v) is 21.8. The van der Waals surface area contributed by atoms with Gasteiger partial charge < -0.3 is 19.3 Å². The largest absolute Gasteiger partial charge is 0.443 e. The molecule has 3 fully saturated rings. The molecule has 0 spiro atoms. The molecule has 9 nitrogen and oxygen atoms in total. The first-order valence-corrected chi connectivity index (χ1v) is 13.1. The van der Waals surface area contributed by atoms with E-state index in [0.717, 1.165) is 18.4 Å². The normalized spacial score (nSPS) is 25.5. The number of hydroxylamine groups is 2. The van der Waals surface area contributed by atoms with Gasteiger partial charge in [-0.05, 0) is 43.1 Å². The Balaban J connectivity index is 1.64. The Bertz CT molecular complexity index is 917. The molecule has 0 unspecified atom stereocenters. The lowest BCUT2D eigenvalue weighted by atomic mass is 9.93. The van der Waals surface area contributed by atoms with Gasteiger partial charge in [-0.3, -0.25) is 14.4 Å². The molecule has 0 saturated carbocycles. The SMILES string of the molecule is CC(C)C[C@H]1ON(C(=O)OCc2ccccc2)[C@H]2CN(C3CCOCC3)C(=O)[C@H](CC(C)C)N2C1=O. The van der Waals surface area contributed by atoms with E-state index in [-0.39, 0.29) is 42.8 Å². The highest BCUT2D eigenvalue weighted by Gasteiger charge is 2.54. The van der Waals surface area contributed by atoms with E-state index in [0.29, 0.717) is 26.1 Å². The highest BCUT2D eigenvalue weighted by atomic mass is 16.7. The Hall–Kier alpha value is -2.65. The van der Waals surface area contributed by atoms with Crippen molar-refractivity contribution in [3.05, 3.63) is 35.9 Å². The number of piperazine rings is 1. The Morgan fingerprint density at radius 2 is 1.67 bits per heavy atom. The lowest BCUT2D eigenvalue weighted by Crippen LogP contribution is -2.74. The smallest absolute Gasteiger partial charge is 0.436 e. The Morgan fingerprint density at radius 3 is 2.31 bits per heavy atom. The van der Waals surface area contributed by atoms with Crippen LogP contribution in [0.25, 0.3) is 0 Å². The second-order valence-corrected chi connectivity index (χ2v) is 10.8. The van der Waals surface area contributed by atoms with E-state index in [1.54, 1.807) is 4.90 Å². The molecular formula is C27H39N3O6. The van der Waals surface area contributed by atoms with Crippen molar-refractivity contribution in [3.63, 3.8) is 0 Å². The minimum Gasteiger partial charge on any atom is -0.443 e. The third-order valence-corrected chi connectivity index (χ3v) is 7.02. The summed E-state index contributed by atoms with van der Waals surface area (Å²) in [6, 6.07) is 8.79. The molecule has 9 heteroatoms. The number of nitrogens with zero attached hydrogens (tertiary/aromatic N) is 3. The summed E-state index contributed by atoms with van der Waals surface area (Å²) < 4.78 is 11.1. The Morgan fingerprint density at radius 1 is 1.00 bits per heavy atom. The maximum absolute atomic E-state index is 13.8. The van der Waals surface area contributed by atoms with Gasteiger partial charge in [0.25, 0.3) is 5.91 Å². The molecule has 3 amide bonds. The topological polar surface area (TPSA) is 88.6 Å². The van der Waals surface area contributed by atoms with Crippen LogP contribution in [-0.2, 0) is 30.5 Å². The van der Waals surface area contributed by atoms with Gasteiger partial charge in [-0.25, -0.2) is 4.79 Å². The second kappa shape index (κ2) is 11.6. The van der Waals surface area contributed by atoms with E-state index in [4.69, 9.17) is 14.3 Å². The molecule has 0 aromatic heterocycles. The van der Waals surface area contributed by atoms with Crippen LogP contribution < -0.4 is 0 Å². The van der Waals surface area contributed by atoms with Crippen molar-refractivity contribution < 1.29 is 28.7 Å². The summed E-state index contributed by atoms with van der Waals surface area (Å²) in [5.74, 6) is 0.0711. The van der Waals surface area contributed by atoms with Crippen molar-refractivity contribution >= 4 is 17.9 Å². The van der Waals surface area contributed by atoms with Crippen molar-refractivity contribution in [2.75, 3.05) is 19.8 Å². The number of ether oxygens (including phenoxy) is 2. The third kappa shape index (κ3) is 5.83. The van der Waals surface area contributed by atoms with Crippen LogP contribution in [-0.4, -0.2) is 76.9 Å². The first-order valence-electron chi connectivity index (χ1n) is 13.1. The van der Waals surface area contributed by atoms with Crippen LogP contribution >= 0.6 is 0 Å². The first kappa shape index (κ1) is 26.4. The fourth-order valence-corrected chi connectivity index (χ4v) is 5.28. The van der Waals surface area contributed by atoms with Crippen molar-refractivity contribution in [2.24, 2.45) is 11.8 Å². The van der Waals surface area contributed by atoms with Crippen LogP contribution in [0.1, 0.15) is 58.9 Å². The van der Waals surface area contributed by atoms with Gasteiger partial charge in [0, 0.05) is 19.3 Å². The van der Waals surface area contributed by atoms with Crippen molar-refractivity contribution in [2.45, 2.75) is 84.3 Å². The standard InChI is InChI=1S/C27H39N3O6/c1-18(2)14-22-25(31)28(21-10-12-34-13-11-21)16-24-29(22)26(32)23(15-19(3)4)36-30(24)27(33)35-17-20-8-6-5-7-9-20/h5-9,18-19,21-24H,10-17H2,1-4H3/t22-,23+,24-/m0/s1. The van der Waals surface area contributed by atoms with Gasteiger partial charge in [0.05, 0.1) is 6.54 Å². The average Bonchev–Trinajstić information content (AvgIpc) is 2.86. The monoisotopic (exact) mass is 501 g/mol. The number of rotatable bonds is 7. The minimum atomic E-state index is -0.845. The van der Waals surface area contributed by atoms with Gasteiger partial charge in [0.2, 0.25) is 5.91 Å². The van der Waals surface area contributed by atoms with Crippen LogP contribution in [0.2, 0.25) is 0 Å². The zero-order chi connectivity index (χ0) is 25.8. The van der Waals surface area contributed by atoms with Gasteiger partial charge >= 0.3 is 6.09 Å². The molecule has 3 saturated heterocycles. The van der Waals surface area contributed by atoms with Gasteiger partial charge in [0.1, 0.15) is 12.6 Å². The van der Waals surface area contributed by atoms with Crippen LogP contribution in [0, 0.1) is 11.8 Å². The molecule has 3 aliphatic rings. The van der Waals surface area contributed by atoms with Crippen LogP contribution in [0.3, 0.4) is 0 Å². The molecule has 0 bridgehead atoms. The fraction of sp³-hybridized carbons (Fsp3) is 0.667. The summed E-state index contributed by atoms with van der Waals surface area (Å²) in [5, 5.41) is 1.21. The van der Waals surface area contributed by atoms with Crippen LogP contribution in [0.5, 0.6) is 0 Å². The second-order valence-electron chi connectivity index (χ2n) is 10.8. The van der Waals surface area contributed by atoms with Crippen molar-refractivity contribution in [1.82, 2.24) is 14.9 Å². The fourth-order valence-electron chi connectivity index (χ4n) is 5.28. The molecule has 3 aliphatic heterocycles. The summed E-state index contributed by atoms with van der Waals surface area (Å²) in [7, 11) is 0. The van der Waals surface area contributed by atoms with E-state index in [2.05, 4.69) is 0 Å². The lowest BCUT2D eigenvalue weighted by Gasteiger charge is -2.54. The van der Waals surface area contributed by atoms with E-state index in [9.17, 15) is 14.4 Å². The summed E-state index contributed by atoms with van der Waals surface area (Å²) in [4.78, 5) is 50.4. The molecule has 0 radical (unpaired) electrons. The number of carbonyl (C=O) groups is 3. The highest BCUT2D eigenvalue weighted by Crippen LogP contribution is 2.34. The number of hydrogen-bond donors (Lipinski definition) is 0. The van der Waals surface area contributed by atoms with Crippen molar-refractivity contribution in [3.8, 4) is 0 Å². The van der Waals surface area contributed by atoms with Gasteiger partial charge in [-0.1, -0.05) is 58.0 Å². The maximum Gasteiger partial charge on any atom is 0.436 e. The summed E-state index contributed by atoms with van der Waals surface area (Å²) in [6.07, 6.45) is 0.182. The van der Waals surface area contributed by atoms with E-state index < -0.39 is 24.4 Å². The number of benzene rings is 1. The van der Waals surface area contributed by atoms with Gasteiger partial charge in [0.15, 0.2) is 12.3 Å². The minimum absolute atomic E-state index is 0.00809. The molecule has 1 aromatic carbocycles. The molecule has 1 aromatic rings. The van der Waals surface area contributed by atoms with Gasteiger partial charge in [-0.2, -0.15) is 5.06 Å². The maximum atomic E-state index is 13.8. The lowest BCUT2D eigenvalue weighted by molar-refractivity contribution is -0.271. The summed E-state index contributed by atoms with van der Waals surface area (Å²) in [6.45, 7) is 9.54. The number of carbonyl (C=O) groups excluding carboxylic acids is 3. The van der Waals surface area contributed by atoms with Crippen molar-refractivity contribution in [1.29, 1.82) is 0 Å². The average molecular weight is 502 g/mol. The first-order chi connectivity index (χ1) is 17.3. The predicted molar refractivity (Wildman–Crippen MR) is 132 cm³/mol. The predicted octanol–water partition coefficient (Wildman–Crippen LogP) is 3.58. The molecule has 36 heavy (non-hydrogen) atoms. The van der Waals surface area contributed by atoms with Crippen LogP contribution in [0.15, 0.2) is 30.3 Å². The zero-order valence-electron chi connectivity index (χ0n) is 21.8.